The topological polar surface area (TPSA) is 76.1 Å². The van der Waals surface area contributed by atoms with Crippen molar-refractivity contribution in [2.24, 2.45) is 0 Å². The van der Waals surface area contributed by atoms with E-state index >= 15 is 0 Å². The molecule has 2 fully saturated rings. The van der Waals surface area contributed by atoms with Crippen LogP contribution in [0.5, 0.6) is 0 Å². The van der Waals surface area contributed by atoms with Gasteiger partial charge in [-0.2, -0.15) is 0 Å². The zero-order chi connectivity index (χ0) is 15.4. The van der Waals surface area contributed by atoms with Crippen molar-refractivity contribution in [2.45, 2.75) is 31.8 Å². The number of piperazine rings is 1. The molecule has 0 spiro atoms. The third-order valence-electron chi connectivity index (χ3n) is 4.39. The number of carboxylic acids is 1. The van der Waals surface area contributed by atoms with Crippen molar-refractivity contribution < 1.29 is 14.7 Å². The lowest BCUT2D eigenvalue weighted by atomic mass is 10.3. The summed E-state index contributed by atoms with van der Waals surface area (Å²) >= 11 is 0. The van der Waals surface area contributed by atoms with Gasteiger partial charge < -0.3 is 15.3 Å². The molecule has 1 unspecified atom stereocenters. The fourth-order valence-corrected chi connectivity index (χ4v) is 2.63. The van der Waals surface area contributed by atoms with E-state index in [2.05, 4.69) is 24.2 Å². The Hall–Kier alpha value is -1.34. The number of aliphatic carboxylic acids is 1. The first kappa shape index (κ1) is 16.0. The van der Waals surface area contributed by atoms with Crippen LogP contribution in [0.4, 0.5) is 4.79 Å². The molecule has 0 bridgehead atoms. The lowest BCUT2D eigenvalue weighted by Gasteiger charge is -2.34. The van der Waals surface area contributed by atoms with E-state index in [-0.39, 0.29) is 12.6 Å². The van der Waals surface area contributed by atoms with E-state index in [9.17, 15) is 9.59 Å². The Bertz CT molecular complexity index is 378. The van der Waals surface area contributed by atoms with Crippen LogP contribution in [0.3, 0.4) is 0 Å². The van der Waals surface area contributed by atoms with E-state index in [1.165, 1.54) is 12.8 Å². The molecule has 0 aromatic heterocycles. The van der Waals surface area contributed by atoms with Crippen LogP contribution in [0.1, 0.15) is 19.8 Å². The largest absolute Gasteiger partial charge is 0.480 e. The van der Waals surface area contributed by atoms with Gasteiger partial charge in [0.2, 0.25) is 0 Å². The molecule has 1 saturated carbocycles. The molecule has 21 heavy (non-hydrogen) atoms. The summed E-state index contributed by atoms with van der Waals surface area (Å²) in [6.07, 6.45) is 2.53. The van der Waals surface area contributed by atoms with Gasteiger partial charge in [0.1, 0.15) is 0 Å². The van der Waals surface area contributed by atoms with Gasteiger partial charge in [-0.3, -0.25) is 14.6 Å². The molecule has 1 aliphatic carbocycles. The van der Waals surface area contributed by atoms with E-state index in [4.69, 9.17) is 5.11 Å². The van der Waals surface area contributed by atoms with Crippen molar-refractivity contribution in [2.75, 3.05) is 46.3 Å². The van der Waals surface area contributed by atoms with E-state index in [1.807, 2.05) is 4.90 Å². The van der Waals surface area contributed by atoms with Crippen LogP contribution >= 0.6 is 0 Å². The number of hydrogen-bond acceptors (Lipinski definition) is 4. The molecule has 0 aromatic rings. The highest BCUT2D eigenvalue weighted by Crippen LogP contribution is 2.26. The molecule has 2 amide bonds. The fourth-order valence-electron chi connectivity index (χ4n) is 2.63. The zero-order valence-electron chi connectivity index (χ0n) is 12.9. The number of nitrogens with one attached hydrogen (secondary N) is 1. The highest BCUT2D eigenvalue weighted by molar-refractivity contribution is 5.74. The van der Waals surface area contributed by atoms with Gasteiger partial charge in [0.15, 0.2) is 0 Å². The molecule has 120 valence electrons. The minimum absolute atomic E-state index is 0.0407. The number of carbonyl (C=O) groups excluding carboxylic acids is 1. The SMILES string of the molecule is CC(CNC(=O)N1CCN(CC(=O)O)CC1)N(C)C1CC1. The Labute approximate surface area is 125 Å². The Morgan fingerprint density at radius 1 is 1.29 bits per heavy atom. The third-order valence-corrected chi connectivity index (χ3v) is 4.39. The summed E-state index contributed by atoms with van der Waals surface area (Å²) in [6, 6.07) is 0.993. The molecular formula is C14H26N4O3. The highest BCUT2D eigenvalue weighted by atomic mass is 16.4. The first-order valence-corrected chi connectivity index (χ1v) is 7.66. The van der Waals surface area contributed by atoms with Gasteiger partial charge in [0, 0.05) is 44.8 Å². The number of carboxylic acid groups (broad SMARTS) is 1. The molecule has 0 aromatic carbocycles. The van der Waals surface area contributed by atoms with E-state index in [0.717, 1.165) is 0 Å². The highest BCUT2D eigenvalue weighted by Gasteiger charge is 2.29. The van der Waals surface area contributed by atoms with Gasteiger partial charge >= 0.3 is 12.0 Å². The van der Waals surface area contributed by atoms with Crippen LogP contribution in [0.2, 0.25) is 0 Å². The van der Waals surface area contributed by atoms with Crippen molar-refractivity contribution in [3.8, 4) is 0 Å². The van der Waals surface area contributed by atoms with Crippen LogP contribution in [0.15, 0.2) is 0 Å². The number of hydrogen-bond donors (Lipinski definition) is 2. The third kappa shape index (κ3) is 4.86. The number of amides is 2. The molecule has 1 atom stereocenters. The number of nitrogens with zero attached hydrogens (tertiary/aromatic N) is 3. The van der Waals surface area contributed by atoms with Crippen LogP contribution < -0.4 is 5.32 Å². The Morgan fingerprint density at radius 3 is 2.43 bits per heavy atom. The molecule has 1 heterocycles. The van der Waals surface area contributed by atoms with Crippen LogP contribution in [-0.4, -0.2) is 90.2 Å². The second-order valence-electron chi connectivity index (χ2n) is 6.09. The molecule has 2 N–H and O–H groups in total. The van der Waals surface area contributed by atoms with Gasteiger partial charge in [-0.15, -0.1) is 0 Å². The smallest absolute Gasteiger partial charge is 0.317 e. The van der Waals surface area contributed by atoms with Crippen molar-refractivity contribution in [1.82, 2.24) is 20.0 Å². The van der Waals surface area contributed by atoms with Gasteiger partial charge in [0.05, 0.1) is 6.54 Å². The molecule has 1 saturated heterocycles. The maximum Gasteiger partial charge on any atom is 0.317 e. The first-order chi connectivity index (χ1) is 9.97. The summed E-state index contributed by atoms with van der Waals surface area (Å²) in [4.78, 5) is 28.7. The lowest BCUT2D eigenvalue weighted by Crippen LogP contribution is -2.54. The van der Waals surface area contributed by atoms with Crippen molar-refractivity contribution in [3.63, 3.8) is 0 Å². The maximum atomic E-state index is 12.1. The summed E-state index contributed by atoms with van der Waals surface area (Å²) in [7, 11) is 2.11. The second kappa shape index (κ2) is 7.09. The monoisotopic (exact) mass is 298 g/mol. The standard InChI is InChI=1S/C14H26N4O3/c1-11(16(2)12-3-4-12)9-15-14(21)18-7-5-17(6-8-18)10-13(19)20/h11-12H,3-10H2,1-2H3,(H,15,21)(H,19,20). The van der Waals surface area contributed by atoms with E-state index < -0.39 is 5.97 Å². The Morgan fingerprint density at radius 2 is 1.90 bits per heavy atom. The predicted octanol–water partition coefficient (Wildman–Crippen LogP) is -0.119. The van der Waals surface area contributed by atoms with Gasteiger partial charge in [-0.1, -0.05) is 0 Å². The summed E-state index contributed by atoms with van der Waals surface area (Å²) in [5.41, 5.74) is 0. The number of likely N-dealkylation sites (N-methyl/N-ethyl adjacent to an activating group) is 1. The van der Waals surface area contributed by atoms with E-state index in [0.29, 0.717) is 44.8 Å². The molecule has 7 heteroatoms. The second-order valence-corrected chi connectivity index (χ2v) is 6.09. The maximum absolute atomic E-state index is 12.1. The minimum atomic E-state index is -0.815. The summed E-state index contributed by atoms with van der Waals surface area (Å²) in [6.45, 7) is 5.26. The fraction of sp³-hybridized carbons (Fsp3) is 0.857. The lowest BCUT2D eigenvalue weighted by molar-refractivity contribution is -0.138. The number of rotatable bonds is 6. The summed E-state index contributed by atoms with van der Waals surface area (Å²) < 4.78 is 0. The average Bonchev–Trinajstić information content (AvgIpc) is 3.28. The first-order valence-electron chi connectivity index (χ1n) is 7.66. The normalized spacial score (nSPS) is 21.4. The molecule has 0 radical (unpaired) electrons. The Balaban J connectivity index is 1.66. The number of urea groups is 1. The van der Waals surface area contributed by atoms with Crippen LogP contribution in [-0.2, 0) is 4.79 Å². The van der Waals surface area contributed by atoms with Gasteiger partial charge in [0.25, 0.3) is 0 Å². The van der Waals surface area contributed by atoms with Crippen LogP contribution in [0, 0.1) is 0 Å². The van der Waals surface area contributed by atoms with E-state index in [1.54, 1.807) is 4.90 Å². The van der Waals surface area contributed by atoms with Crippen molar-refractivity contribution >= 4 is 12.0 Å². The molecule has 2 rings (SSSR count). The Kier molecular flexibility index (Phi) is 5.41. The quantitative estimate of drug-likeness (QED) is 0.715. The predicted molar refractivity (Wildman–Crippen MR) is 79.3 cm³/mol. The molecule has 7 nitrogen and oxygen atoms in total. The summed E-state index contributed by atoms with van der Waals surface area (Å²) in [5.74, 6) is -0.815. The van der Waals surface area contributed by atoms with Gasteiger partial charge in [-0.05, 0) is 26.8 Å². The van der Waals surface area contributed by atoms with Gasteiger partial charge in [-0.25, -0.2) is 4.79 Å². The van der Waals surface area contributed by atoms with Crippen LogP contribution in [0.25, 0.3) is 0 Å². The summed E-state index contributed by atoms with van der Waals surface area (Å²) in [5, 5.41) is 11.7. The molecule has 1 aliphatic heterocycles. The van der Waals surface area contributed by atoms with Crippen molar-refractivity contribution in [3.05, 3.63) is 0 Å². The van der Waals surface area contributed by atoms with Crippen molar-refractivity contribution in [1.29, 1.82) is 0 Å². The average molecular weight is 298 g/mol. The zero-order valence-corrected chi connectivity index (χ0v) is 12.9. The number of carbonyl (C=O) groups is 2. The molecule has 2 aliphatic rings. The minimum Gasteiger partial charge on any atom is -0.480 e. The molecular weight excluding hydrogens is 272 g/mol.